The van der Waals surface area contributed by atoms with Crippen molar-refractivity contribution in [3.63, 3.8) is 0 Å². The fourth-order valence-electron chi connectivity index (χ4n) is 1.26. The van der Waals surface area contributed by atoms with E-state index >= 15 is 0 Å². The molecular weight excluding hydrogens is 213 g/mol. The summed E-state index contributed by atoms with van der Waals surface area (Å²) in [6.07, 6.45) is 1.16. The molecule has 0 spiro atoms. The molecule has 1 aromatic carbocycles. The van der Waals surface area contributed by atoms with Crippen molar-refractivity contribution >= 4 is 23.3 Å². The van der Waals surface area contributed by atoms with Gasteiger partial charge in [-0.25, -0.2) is 0 Å². The van der Waals surface area contributed by atoms with Crippen LogP contribution in [0, 0.1) is 6.92 Å². The maximum atomic E-state index is 2.28. The normalized spacial score (nSPS) is 12.1. The summed E-state index contributed by atoms with van der Waals surface area (Å²) < 4.78 is 0. The zero-order valence-corrected chi connectivity index (χ0v) is 10.3. The van der Waals surface area contributed by atoms with E-state index in [0.29, 0.717) is 0 Å². The van der Waals surface area contributed by atoms with Crippen LogP contribution in [0.2, 0.25) is 0 Å². The Bertz CT molecular complexity index is 378. The van der Waals surface area contributed by atoms with E-state index in [-0.39, 0.29) is 0 Å². The van der Waals surface area contributed by atoms with E-state index in [1.54, 1.807) is 18.1 Å². The van der Waals surface area contributed by atoms with Crippen LogP contribution in [0.25, 0.3) is 0 Å². The van der Waals surface area contributed by atoms with Gasteiger partial charge >= 0.3 is 0 Å². The fraction of sp³-hybridized carbons (Fsp3) is 0.200. The molecule has 0 nitrogen and oxygen atoms in total. The van der Waals surface area contributed by atoms with Gasteiger partial charge in [0, 0.05) is 6.42 Å². The Hall–Kier alpha value is -0.140. The van der Waals surface area contributed by atoms with E-state index in [2.05, 4.69) is 37.3 Å². The highest BCUT2D eigenvalue weighted by molar-refractivity contribution is 8.17. The van der Waals surface area contributed by atoms with Crippen molar-refractivity contribution in [1.82, 2.24) is 0 Å². The highest BCUT2D eigenvalue weighted by Gasteiger charge is 2.00. The van der Waals surface area contributed by atoms with Gasteiger partial charge in [-0.15, -0.1) is 7.87 Å². The van der Waals surface area contributed by atoms with Crippen LogP contribution in [-0.2, 0) is 6.42 Å². The van der Waals surface area contributed by atoms with Crippen LogP contribution in [0.3, 0.4) is 0 Å². The number of aryl methyl sites for hydroxylation is 1. The second kappa shape index (κ2) is 4.39. The average molecular weight is 224 g/mol. The summed E-state index contributed by atoms with van der Waals surface area (Å²) in [5.41, 5.74) is 1.45. The SMILES string of the molecule is Cc1[pH]ppc1Cc1ccccc1. The lowest BCUT2D eigenvalue weighted by Crippen LogP contribution is -1.83. The zero-order valence-electron chi connectivity index (χ0n) is 7.49. The molecule has 13 heavy (non-hydrogen) atoms. The van der Waals surface area contributed by atoms with Crippen molar-refractivity contribution in [1.29, 1.82) is 0 Å². The molecular formula is C10H11P3. The number of benzene rings is 1. The maximum Gasteiger partial charge on any atom is 0.00273 e. The van der Waals surface area contributed by atoms with Crippen LogP contribution in [0.15, 0.2) is 30.3 Å². The van der Waals surface area contributed by atoms with Gasteiger partial charge in [0.1, 0.15) is 0 Å². The molecule has 0 saturated carbocycles. The Labute approximate surface area is 83.5 Å². The molecule has 0 aliphatic carbocycles. The van der Waals surface area contributed by atoms with Gasteiger partial charge in [0.15, 0.2) is 0 Å². The van der Waals surface area contributed by atoms with Gasteiger partial charge in [0.25, 0.3) is 0 Å². The van der Waals surface area contributed by atoms with Gasteiger partial charge in [-0.2, -0.15) is 0 Å². The van der Waals surface area contributed by atoms with Crippen molar-refractivity contribution < 1.29 is 0 Å². The molecule has 1 unspecified atom stereocenters. The second-order valence-electron chi connectivity index (χ2n) is 3.05. The minimum absolute atomic E-state index is 1.05. The molecule has 2 rings (SSSR count). The first-order valence-electron chi connectivity index (χ1n) is 4.27. The molecule has 0 amide bonds. The second-order valence-corrected chi connectivity index (χ2v) is 8.63. The molecule has 0 fully saturated rings. The smallest absolute Gasteiger partial charge is 0.00273 e. The number of rotatable bonds is 2. The molecule has 1 aromatic heterocycles. The van der Waals surface area contributed by atoms with Crippen molar-refractivity contribution in [2.24, 2.45) is 0 Å². The van der Waals surface area contributed by atoms with E-state index in [9.17, 15) is 0 Å². The van der Waals surface area contributed by atoms with E-state index < -0.39 is 0 Å². The molecule has 0 saturated heterocycles. The molecule has 0 bridgehead atoms. The van der Waals surface area contributed by atoms with Crippen molar-refractivity contribution in [3.05, 3.63) is 46.5 Å². The van der Waals surface area contributed by atoms with Gasteiger partial charge < -0.3 is 0 Å². The molecule has 0 N–H and O–H groups in total. The third kappa shape index (κ3) is 2.41. The summed E-state index contributed by atoms with van der Waals surface area (Å²) in [6, 6.07) is 10.8. The standard InChI is InChI=1S/C10H11P3/c1-8-10(12-13-11-8)7-9-5-3-2-4-6-9/h2-6,11H,7H2,1H3. The Balaban J connectivity index is 2.20. The lowest BCUT2D eigenvalue weighted by atomic mass is 10.1. The largest absolute Gasteiger partial charge is 0.102 e. The third-order valence-electron chi connectivity index (χ3n) is 2.04. The van der Waals surface area contributed by atoms with Crippen molar-refractivity contribution in [3.8, 4) is 0 Å². The van der Waals surface area contributed by atoms with Crippen molar-refractivity contribution in [2.45, 2.75) is 13.3 Å². The predicted molar refractivity (Wildman–Crippen MR) is 65.0 cm³/mol. The molecule has 0 aliphatic rings. The van der Waals surface area contributed by atoms with Crippen LogP contribution in [0.1, 0.15) is 16.2 Å². The third-order valence-corrected chi connectivity index (χ3v) is 7.95. The van der Waals surface area contributed by atoms with E-state index in [0.717, 1.165) is 14.3 Å². The molecule has 3 heteroatoms. The first kappa shape index (κ1) is 9.42. The number of hydrogen-bond donors (Lipinski definition) is 0. The summed E-state index contributed by atoms with van der Waals surface area (Å²) in [7, 11) is 4.18. The lowest BCUT2D eigenvalue weighted by molar-refractivity contribution is 1.22. The van der Waals surface area contributed by atoms with Crippen LogP contribution < -0.4 is 0 Å². The molecule has 66 valence electrons. The predicted octanol–water partition coefficient (Wildman–Crippen LogP) is 4.78. The first-order chi connectivity index (χ1) is 6.36. The Morgan fingerprint density at radius 1 is 1.23 bits per heavy atom. The van der Waals surface area contributed by atoms with E-state index in [4.69, 9.17) is 0 Å². The molecule has 2 aromatic rings. The summed E-state index contributed by atoms with van der Waals surface area (Å²) in [5.74, 6) is 0. The molecule has 1 heterocycles. The lowest BCUT2D eigenvalue weighted by Gasteiger charge is -1.99. The summed E-state index contributed by atoms with van der Waals surface area (Å²) in [6.45, 7) is 2.28. The van der Waals surface area contributed by atoms with Crippen LogP contribution in [0.5, 0.6) is 0 Å². The molecule has 0 radical (unpaired) electrons. The Morgan fingerprint density at radius 3 is 2.62 bits per heavy atom. The highest BCUT2D eigenvalue weighted by Crippen LogP contribution is 2.42. The van der Waals surface area contributed by atoms with E-state index in [1.807, 2.05) is 0 Å². The zero-order chi connectivity index (χ0) is 9.10. The van der Waals surface area contributed by atoms with Gasteiger partial charge in [-0.3, -0.25) is 0 Å². The quantitative estimate of drug-likeness (QED) is 0.688. The minimum Gasteiger partial charge on any atom is -0.102 e. The van der Waals surface area contributed by atoms with Gasteiger partial charge in [-0.05, 0) is 38.5 Å². The topological polar surface area (TPSA) is 0 Å². The van der Waals surface area contributed by atoms with Crippen molar-refractivity contribution in [2.75, 3.05) is 0 Å². The van der Waals surface area contributed by atoms with Gasteiger partial charge in [0.2, 0.25) is 0 Å². The van der Waals surface area contributed by atoms with Crippen LogP contribution >= 0.6 is 23.3 Å². The van der Waals surface area contributed by atoms with E-state index in [1.165, 1.54) is 13.4 Å². The van der Waals surface area contributed by atoms with Gasteiger partial charge in [-0.1, -0.05) is 30.3 Å². The molecule has 0 aliphatic heterocycles. The summed E-state index contributed by atoms with van der Waals surface area (Å²) in [5, 5.41) is 3.28. The average Bonchev–Trinajstić information content (AvgIpc) is 2.54. The van der Waals surface area contributed by atoms with Gasteiger partial charge in [0.05, 0.1) is 0 Å². The number of hydrogen-bond acceptors (Lipinski definition) is 0. The Kier molecular flexibility index (Phi) is 3.18. The van der Waals surface area contributed by atoms with Crippen LogP contribution in [0.4, 0.5) is 0 Å². The first-order valence-corrected chi connectivity index (χ1v) is 8.60. The maximum absolute atomic E-state index is 2.28. The summed E-state index contributed by atoms with van der Waals surface area (Å²) in [4.78, 5) is 0. The fourth-order valence-corrected chi connectivity index (χ4v) is 8.00. The Morgan fingerprint density at radius 2 is 2.00 bits per heavy atom. The highest BCUT2D eigenvalue weighted by atomic mass is 32.1. The summed E-state index contributed by atoms with van der Waals surface area (Å²) >= 11 is 0. The monoisotopic (exact) mass is 224 g/mol. The minimum atomic E-state index is 1.05. The van der Waals surface area contributed by atoms with Crippen LogP contribution in [-0.4, -0.2) is 0 Å². The molecule has 1 atom stereocenters.